The van der Waals surface area contributed by atoms with Crippen LogP contribution in [0.2, 0.25) is 0 Å². The number of benzene rings is 5. The number of aliphatic carboxylic acids is 1. The number of morpholine rings is 1. The largest absolute Gasteiger partial charge is 0.497 e. The Labute approximate surface area is 376 Å². The molecule has 0 aromatic heterocycles. The number of aliphatic hydroxyl groups is 1. The molecule has 3 amide bonds. The summed E-state index contributed by atoms with van der Waals surface area (Å²) in [4.78, 5) is 63.6. The van der Waals surface area contributed by atoms with Gasteiger partial charge in [-0.3, -0.25) is 19.3 Å². The van der Waals surface area contributed by atoms with Gasteiger partial charge in [0.2, 0.25) is 5.91 Å². The number of amides is 3. The van der Waals surface area contributed by atoms with Crippen molar-refractivity contribution in [2.24, 2.45) is 11.8 Å². The summed E-state index contributed by atoms with van der Waals surface area (Å²) in [5.74, 6) is -3.78. The molecule has 5 aliphatic rings. The maximum atomic E-state index is 16.3. The van der Waals surface area contributed by atoms with Crippen LogP contribution < -0.4 is 19.7 Å². The highest BCUT2D eigenvalue weighted by molar-refractivity contribution is 6.24. The number of carboxylic acid groups (broad SMARTS) is 1. The Balaban J connectivity index is 1.28. The first kappa shape index (κ1) is 41.7. The minimum absolute atomic E-state index is 0.0514. The van der Waals surface area contributed by atoms with Crippen LogP contribution in [0.25, 0.3) is 11.6 Å². The summed E-state index contributed by atoms with van der Waals surface area (Å²) in [5.41, 5.74) is 3.16. The SMILES string of the molecule is COc1ccc(/C2=C\c3ccc4c(c3)[C@]3(C(=O)N4C(=O)N[C@@H](C)C4C=CC=CC4)[C@H](c4cc(OCCO)cc2c4)N2[C@H](c4ccccc4)[C@H](c4ccccc4)OC(=O)[C@H]2[C@@H]3C(=O)O)cc1. The third-order valence-electron chi connectivity index (χ3n) is 13.6. The molecule has 5 aromatic rings. The van der Waals surface area contributed by atoms with Crippen molar-refractivity contribution in [2.75, 3.05) is 25.2 Å². The van der Waals surface area contributed by atoms with Crippen LogP contribution in [0.1, 0.15) is 70.5 Å². The molecule has 3 heterocycles. The zero-order chi connectivity index (χ0) is 45.0. The molecule has 3 N–H and O–H groups in total. The second-order valence-electron chi connectivity index (χ2n) is 17.1. The lowest BCUT2D eigenvalue weighted by Gasteiger charge is -2.46. The highest BCUT2D eigenvalue weighted by atomic mass is 16.6. The number of hydrogen-bond donors (Lipinski definition) is 3. The summed E-state index contributed by atoms with van der Waals surface area (Å²) >= 11 is 0. The molecular weight excluding hydrogens is 823 g/mol. The van der Waals surface area contributed by atoms with Crippen LogP contribution in [-0.4, -0.2) is 71.4 Å². The first-order valence-electron chi connectivity index (χ1n) is 21.8. The Kier molecular flexibility index (Phi) is 10.7. The molecule has 5 aromatic carbocycles. The summed E-state index contributed by atoms with van der Waals surface area (Å²) in [6.07, 6.45) is 9.59. The topological polar surface area (TPSA) is 155 Å². The van der Waals surface area contributed by atoms with E-state index in [4.69, 9.17) is 14.2 Å². The molecule has 3 aliphatic heterocycles. The summed E-state index contributed by atoms with van der Waals surface area (Å²) in [6, 6.07) is 32.5. The van der Waals surface area contributed by atoms with Gasteiger partial charge >= 0.3 is 18.0 Å². The van der Waals surface area contributed by atoms with Crippen molar-refractivity contribution >= 4 is 41.2 Å². The fourth-order valence-corrected chi connectivity index (χ4v) is 10.8. The molecule has 12 nitrogen and oxygen atoms in total. The zero-order valence-electron chi connectivity index (χ0n) is 35.7. The summed E-state index contributed by atoms with van der Waals surface area (Å²) in [7, 11) is 1.60. The van der Waals surface area contributed by atoms with Crippen LogP contribution in [-0.2, 0) is 24.5 Å². The summed E-state index contributed by atoms with van der Waals surface area (Å²) in [6.45, 7) is 1.54. The first-order valence-corrected chi connectivity index (χ1v) is 21.8. The average molecular weight is 870 g/mol. The van der Waals surface area contributed by atoms with E-state index >= 15 is 9.59 Å². The number of carboxylic acids is 1. The molecule has 1 unspecified atom stereocenters. The van der Waals surface area contributed by atoms with E-state index < -0.39 is 65.5 Å². The lowest BCUT2D eigenvalue weighted by molar-refractivity contribution is -0.179. The number of ether oxygens (including phenoxy) is 3. The van der Waals surface area contributed by atoms with E-state index in [2.05, 4.69) is 5.32 Å². The van der Waals surface area contributed by atoms with Crippen LogP contribution in [0.15, 0.2) is 146 Å². The predicted octanol–water partition coefficient (Wildman–Crippen LogP) is 7.95. The summed E-state index contributed by atoms with van der Waals surface area (Å²) in [5, 5.41) is 24.8. The number of cyclic esters (lactones) is 1. The quantitative estimate of drug-likeness (QED) is 0.118. The smallest absolute Gasteiger partial charge is 0.329 e. The maximum absolute atomic E-state index is 16.3. The van der Waals surface area contributed by atoms with Crippen molar-refractivity contribution in [2.45, 2.75) is 49.0 Å². The van der Waals surface area contributed by atoms with Crippen LogP contribution in [0.3, 0.4) is 0 Å². The van der Waals surface area contributed by atoms with Gasteiger partial charge in [0.25, 0.3) is 0 Å². The van der Waals surface area contributed by atoms with Gasteiger partial charge in [-0.05, 0) is 106 Å². The molecule has 8 atom stereocenters. The number of carbonyl (C=O) groups excluding carboxylic acids is 3. The summed E-state index contributed by atoms with van der Waals surface area (Å²) < 4.78 is 18.1. The molecule has 0 radical (unpaired) electrons. The van der Waals surface area contributed by atoms with Crippen LogP contribution in [0.4, 0.5) is 10.5 Å². The number of methoxy groups -OCH3 is 1. The zero-order valence-corrected chi connectivity index (χ0v) is 35.7. The molecule has 0 saturated carbocycles. The number of allylic oxidation sites excluding steroid dienone is 3. The normalized spacial score (nSPS) is 26.3. The Morgan fingerprint density at radius 3 is 2.26 bits per heavy atom. The van der Waals surface area contributed by atoms with Gasteiger partial charge in [0.1, 0.15) is 41.6 Å². The number of hydrogen-bond acceptors (Lipinski definition) is 9. The molecule has 1 spiro atoms. The highest BCUT2D eigenvalue weighted by Gasteiger charge is 2.76. The second kappa shape index (κ2) is 16.7. The molecule has 65 heavy (non-hydrogen) atoms. The lowest BCUT2D eigenvalue weighted by Crippen LogP contribution is -2.55. The van der Waals surface area contributed by atoms with Crippen molar-refractivity contribution in [3.63, 3.8) is 0 Å². The molecular formula is C53H47N3O9. The fraction of sp³-hybridized carbons (Fsp3) is 0.245. The lowest BCUT2D eigenvalue weighted by atomic mass is 9.65. The minimum atomic E-state index is -2.09. The molecule has 12 heteroatoms. The van der Waals surface area contributed by atoms with Gasteiger partial charge in [-0.15, -0.1) is 0 Å². The number of anilines is 1. The Morgan fingerprint density at radius 1 is 0.846 bits per heavy atom. The Morgan fingerprint density at radius 2 is 1.58 bits per heavy atom. The number of esters is 1. The highest BCUT2D eigenvalue weighted by Crippen LogP contribution is 2.66. The van der Waals surface area contributed by atoms with E-state index in [1.54, 1.807) is 31.4 Å². The number of aliphatic hydroxyl groups excluding tert-OH is 1. The Hall–Kier alpha value is -7.28. The van der Waals surface area contributed by atoms with Crippen LogP contribution in [0.5, 0.6) is 11.5 Å². The molecule has 2 fully saturated rings. The third kappa shape index (κ3) is 6.83. The van der Waals surface area contributed by atoms with Gasteiger partial charge in [0.15, 0.2) is 0 Å². The van der Waals surface area contributed by atoms with Gasteiger partial charge in [-0.2, -0.15) is 0 Å². The average Bonchev–Trinajstić information content (AvgIpc) is 3.79. The number of rotatable bonds is 10. The van der Waals surface area contributed by atoms with Crippen LogP contribution in [0, 0.1) is 11.8 Å². The minimum Gasteiger partial charge on any atom is -0.497 e. The van der Waals surface area contributed by atoms with E-state index in [1.165, 1.54) is 0 Å². The number of imide groups is 1. The second-order valence-corrected chi connectivity index (χ2v) is 17.1. The van der Waals surface area contributed by atoms with E-state index in [0.29, 0.717) is 45.7 Å². The predicted molar refractivity (Wildman–Crippen MR) is 243 cm³/mol. The van der Waals surface area contributed by atoms with E-state index in [-0.39, 0.29) is 24.8 Å². The monoisotopic (exact) mass is 869 g/mol. The molecule has 2 saturated heterocycles. The number of carbonyl (C=O) groups is 4. The van der Waals surface area contributed by atoms with E-state index in [0.717, 1.165) is 21.6 Å². The van der Waals surface area contributed by atoms with Gasteiger partial charge in [-0.25, -0.2) is 9.69 Å². The van der Waals surface area contributed by atoms with Crippen molar-refractivity contribution in [3.05, 3.63) is 185 Å². The molecule has 10 rings (SSSR count). The number of urea groups is 1. The first-order chi connectivity index (χ1) is 31.6. The molecule has 4 bridgehead atoms. The number of nitrogens with zero attached hydrogens (tertiary/aromatic N) is 2. The number of fused-ring (bicyclic) bond motifs is 6. The van der Waals surface area contributed by atoms with Crippen molar-refractivity contribution < 1.29 is 43.6 Å². The van der Waals surface area contributed by atoms with Crippen LogP contribution >= 0.6 is 0 Å². The van der Waals surface area contributed by atoms with Gasteiger partial charge in [-0.1, -0.05) is 103 Å². The fourth-order valence-electron chi connectivity index (χ4n) is 10.8. The molecule has 2 aliphatic carbocycles. The Bertz CT molecular complexity index is 2790. The van der Waals surface area contributed by atoms with Gasteiger partial charge < -0.3 is 29.7 Å². The van der Waals surface area contributed by atoms with E-state index in [1.807, 2.05) is 139 Å². The van der Waals surface area contributed by atoms with Gasteiger partial charge in [0, 0.05) is 12.0 Å². The molecule has 328 valence electrons. The number of nitrogens with one attached hydrogen (secondary N) is 1. The van der Waals surface area contributed by atoms with Crippen molar-refractivity contribution in [1.82, 2.24) is 10.2 Å². The standard InChI is InChI=1S/C53H47N3O9/c1-31(33-12-6-3-7-13-33)54-52(62)55-43-23-18-32-26-41(34-19-21-39(63-2)22-20-34)37-28-38(30-40(29-37)64-25-24-57)48-53(51(55)61,42(43)27-32)44(49(58)59)46-50(60)65-47(36-16-10-5-11-17-36)45(56(46)48)35-14-8-4-9-15-35/h3-12,14-23,26-31,33,44-48,57H,13,24-25H2,1-2H3,(H,54,62)(H,58,59)/b41-26+/t31-,33?,44+,45+,46+,47-,48-,53+/m0/s1. The van der Waals surface area contributed by atoms with Crippen molar-refractivity contribution in [3.8, 4) is 11.5 Å². The maximum Gasteiger partial charge on any atom is 0.329 e. The van der Waals surface area contributed by atoms with E-state index in [9.17, 15) is 19.8 Å². The third-order valence-corrected chi connectivity index (χ3v) is 13.6. The van der Waals surface area contributed by atoms with Crippen molar-refractivity contribution in [1.29, 1.82) is 0 Å². The van der Waals surface area contributed by atoms with Gasteiger partial charge in [0.05, 0.1) is 31.5 Å².